The van der Waals surface area contributed by atoms with E-state index in [-0.39, 0.29) is 34.9 Å². The molecule has 1 aliphatic rings. The average molecular weight is 382 g/mol. The molecule has 8 heteroatoms. The smallest absolute Gasteiger partial charge is 0.211 e. The van der Waals surface area contributed by atoms with Crippen molar-refractivity contribution in [3.05, 3.63) is 46.9 Å². The lowest BCUT2D eigenvalue weighted by molar-refractivity contribution is -0.116. The van der Waals surface area contributed by atoms with E-state index in [0.717, 1.165) is 35.5 Å². The van der Waals surface area contributed by atoms with Crippen LogP contribution in [-0.4, -0.2) is 56.6 Å². The normalized spacial score (nSPS) is 15.2. The molecule has 0 amide bonds. The fourth-order valence-electron chi connectivity index (χ4n) is 2.47. The maximum Gasteiger partial charge on any atom is 0.211 e. The number of hydrogen-bond donors (Lipinski definition) is 0. The first-order valence-corrected chi connectivity index (χ1v) is 10.0. The standard InChI is InChI=1S/C18H23FN2O4S/c1-20(2)11-16(17(22)12-5-6-12)18(23)15-8-7-14(19)9-13(15)10-21(3)26(4,24)25/h7-9,11-12H,5-6,10H2,1-4H3. The molecule has 0 bridgehead atoms. The number of nitrogens with zero attached hydrogens (tertiary/aromatic N) is 2. The monoisotopic (exact) mass is 382 g/mol. The number of allylic oxidation sites excluding steroid dienone is 1. The third kappa shape index (κ3) is 4.98. The molecule has 0 heterocycles. The summed E-state index contributed by atoms with van der Waals surface area (Å²) in [6.45, 7) is -0.162. The first-order chi connectivity index (χ1) is 12.0. The number of halogens is 1. The number of carbonyl (C=O) groups excluding carboxylic acids is 2. The Kier molecular flexibility index (Phi) is 5.98. The SMILES string of the molecule is CN(C)C=C(C(=O)c1ccc(F)cc1CN(C)S(C)(=O)=O)C(=O)C1CC1. The largest absolute Gasteiger partial charge is 0.383 e. The zero-order valence-electron chi connectivity index (χ0n) is 15.3. The predicted molar refractivity (Wildman–Crippen MR) is 96.5 cm³/mol. The molecular formula is C18H23FN2O4S. The van der Waals surface area contributed by atoms with E-state index in [1.54, 1.807) is 19.0 Å². The summed E-state index contributed by atoms with van der Waals surface area (Å²) in [5, 5.41) is 0. The van der Waals surface area contributed by atoms with Gasteiger partial charge in [-0.3, -0.25) is 9.59 Å². The van der Waals surface area contributed by atoms with Crippen molar-refractivity contribution < 1.29 is 22.4 Å². The summed E-state index contributed by atoms with van der Waals surface area (Å²) in [7, 11) is 1.25. The Morgan fingerprint density at radius 3 is 2.35 bits per heavy atom. The molecule has 26 heavy (non-hydrogen) atoms. The van der Waals surface area contributed by atoms with Gasteiger partial charge in [-0.2, -0.15) is 0 Å². The van der Waals surface area contributed by atoms with Gasteiger partial charge in [0.1, 0.15) is 5.82 Å². The molecule has 142 valence electrons. The van der Waals surface area contributed by atoms with Crippen LogP contribution in [0.1, 0.15) is 28.8 Å². The molecule has 1 saturated carbocycles. The van der Waals surface area contributed by atoms with Crippen molar-refractivity contribution in [3.63, 3.8) is 0 Å². The topological polar surface area (TPSA) is 74.8 Å². The van der Waals surface area contributed by atoms with Gasteiger partial charge in [-0.25, -0.2) is 17.1 Å². The Hall–Kier alpha value is -2.06. The number of ketones is 2. The Morgan fingerprint density at radius 2 is 1.85 bits per heavy atom. The summed E-state index contributed by atoms with van der Waals surface area (Å²) in [4.78, 5) is 27.1. The van der Waals surface area contributed by atoms with Crippen molar-refractivity contribution in [2.75, 3.05) is 27.4 Å². The first kappa shape index (κ1) is 20.3. The van der Waals surface area contributed by atoms with E-state index in [0.29, 0.717) is 0 Å². The highest BCUT2D eigenvalue weighted by molar-refractivity contribution is 7.88. The van der Waals surface area contributed by atoms with Crippen LogP contribution in [0, 0.1) is 11.7 Å². The van der Waals surface area contributed by atoms with E-state index >= 15 is 0 Å². The molecule has 0 radical (unpaired) electrons. The highest BCUT2D eigenvalue weighted by Gasteiger charge is 2.35. The fourth-order valence-corrected chi connectivity index (χ4v) is 2.85. The molecule has 0 aromatic heterocycles. The number of rotatable bonds is 8. The fraction of sp³-hybridized carbons (Fsp3) is 0.444. The zero-order chi connectivity index (χ0) is 19.6. The lowest BCUT2D eigenvalue weighted by Gasteiger charge is -2.17. The summed E-state index contributed by atoms with van der Waals surface area (Å²) >= 11 is 0. The highest BCUT2D eigenvalue weighted by Crippen LogP contribution is 2.33. The minimum atomic E-state index is -3.51. The van der Waals surface area contributed by atoms with Gasteiger partial charge in [-0.1, -0.05) is 0 Å². The van der Waals surface area contributed by atoms with Gasteiger partial charge < -0.3 is 4.90 Å². The third-order valence-corrected chi connectivity index (χ3v) is 5.38. The quantitative estimate of drug-likeness (QED) is 0.297. The number of carbonyl (C=O) groups is 2. The van der Waals surface area contributed by atoms with Crippen LogP contribution < -0.4 is 0 Å². The minimum Gasteiger partial charge on any atom is -0.383 e. The van der Waals surface area contributed by atoms with Crippen molar-refractivity contribution in [1.82, 2.24) is 9.21 Å². The van der Waals surface area contributed by atoms with E-state index in [9.17, 15) is 22.4 Å². The number of hydrogen-bond acceptors (Lipinski definition) is 5. The van der Waals surface area contributed by atoms with Crippen LogP contribution in [0.25, 0.3) is 0 Å². The van der Waals surface area contributed by atoms with Gasteiger partial charge in [0.15, 0.2) is 11.6 Å². The number of sulfonamides is 1. The molecule has 0 saturated heterocycles. The number of benzene rings is 1. The highest BCUT2D eigenvalue weighted by atomic mass is 32.2. The Labute approximate surface area is 153 Å². The molecular weight excluding hydrogens is 359 g/mol. The molecule has 0 atom stereocenters. The van der Waals surface area contributed by atoms with E-state index in [1.165, 1.54) is 19.3 Å². The molecule has 0 unspecified atom stereocenters. The van der Waals surface area contributed by atoms with E-state index < -0.39 is 21.6 Å². The summed E-state index contributed by atoms with van der Waals surface area (Å²) in [6.07, 6.45) is 4.01. The minimum absolute atomic E-state index is 0.0346. The van der Waals surface area contributed by atoms with Gasteiger partial charge >= 0.3 is 0 Å². The van der Waals surface area contributed by atoms with Crippen LogP contribution in [0.2, 0.25) is 0 Å². The van der Waals surface area contributed by atoms with E-state index in [1.807, 2.05) is 0 Å². The Morgan fingerprint density at radius 1 is 1.23 bits per heavy atom. The average Bonchev–Trinajstić information content (AvgIpc) is 3.35. The predicted octanol–water partition coefficient (Wildman–Crippen LogP) is 1.82. The van der Waals surface area contributed by atoms with Crippen LogP contribution in [-0.2, 0) is 21.4 Å². The van der Waals surface area contributed by atoms with Crippen molar-refractivity contribution >= 4 is 21.6 Å². The van der Waals surface area contributed by atoms with E-state index in [2.05, 4.69) is 0 Å². The van der Waals surface area contributed by atoms with Gasteiger partial charge in [0.25, 0.3) is 0 Å². The number of Topliss-reactive ketones (excluding diaryl/α,β-unsaturated/α-hetero) is 2. The summed E-state index contributed by atoms with van der Waals surface area (Å²) in [5.74, 6) is -1.47. The first-order valence-electron chi connectivity index (χ1n) is 8.17. The lowest BCUT2D eigenvalue weighted by Crippen LogP contribution is -2.27. The molecule has 0 N–H and O–H groups in total. The Balaban J connectivity index is 2.45. The summed E-state index contributed by atoms with van der Waals surface area (Å²) in [6, 6.07) is 3.56. The van der Waals surface area contributed by atoms with Crippen molar-refractivity contribution in [1.29, 1.82) is 0 Å². The second-order valence-electron chi connectivity index (χ2n) is 6.79. The summed E-state index contributed by atoms with van der Waals surface area (Å²) in [5.41, 5.74) is 0.382. The van der Waals surface area contributed by atoms with Gasteiger partial charge in [-0.05, 0) is 36.6 Å². The van der Waals surface area contributed by atoms with Gasteiger partial charge in [0.2, 0.25) is 10.0 Å². The van der Waals surface area contributed by atoms with Gasteiger partial charge in [0.05, 0.1) is 11.8 Å². The molecule has 2 rings (SSSR count). The van der Waals surface area contributed by atoms with Crippen LogP contribution >= 0.6 is 0 Å². The van der Waals surface area contributed by atoms with E-state index in [4.69, 9.17) is 0 Å². The maximum atomic E-state index is 13.7. The second-order valence-corrected chi connectivity index (χ2v) is 8.88. The zero-order valence-corrected chi connectivity index (χ0v) is 16.1. The van der Waals surface area contributed by atoms with Crippen molar-refractivity contribution in [2.45, 2.75) is 19.4 Å². The summed E-state index contributed by atoms with van der Waals surface area (Å²) < 4.78 is 38.0. The van der Waals surface area contributed by atoms with Gasteiger partial charge in [0, 0.05) is 45.4 Å². The molecule has 0 aliphatic heterocycles. The lowest BCUT2D eigenvalue weighted by atomic mass is 9.94. The molecule has 1 aromatic rings. The maximum absolute atomic E-state index is 13.7. The third-order valence-electron chi connectivity index (χ3n) is 4.12. The molecule has 1 aromatic carbocycles. The van der Waals surface area contributed by atoms with Crippen LogP contribution in [0.5, 0.6) is 0 Å². The van der Waals surface area contributed by atoms with Crippen molar-refractivity contribution in [2.24, 2.45) is 5.92 Å². The van der Waals surface area contributed by atoms with Crippen LogP contribution in [0.15, 0.2) is 30.0 Å². The molecule has 0 spiro atoms. The Bertz CT molecular complexity index is 858. The van der Waals surface area contributed by atoms with Gasteiger partial charge in [-0.15, -0.1) is 0 Å². The molecule has 1 aliphatic carbocycles. The van der Waals surface area contributed by atoms with Crippen LogP contribution in [0.3, 0.4) is 0 Å². The van der Waals surface area contributed by atoms with Crippen molar-refractivity contribution in [3.8, 4) is 0 Å². The van der Waals surface area contributed by atoms with Crippen LogP contribution in [0.4, 0.5) is 4.39 Å². The molecule has 1 fully saturated rings. The second kappa shape index (κ2) is 7.67. The molecule has 6 nitrogen and oxygen atoms in total.